The van der Waals surface area contributed by atoms with Gasteiger partial charge < -0.3 is 4.74 Å². The van der Waals surface area contributed by atoms with Gasteiger partial charge in [0.15, 0.2) is 0 Å². The van der Waals surface area contributed by atoms with Crippen molar-refractivity contribution in [1.29, 1.82) is 0 Å². The topological polar surface area (TPSA) is 9.23 Å². The van der Waals surface area contributed by atoms with Crippen LogP contribution in [0.15, 0.2) is 0 Å². The molecule has 3 heteroatoms. The van der Waals surface area contributed by atoms with Crippen LogP contribution in [-0.4, -0.2) is 18.1 Å². The van der Waals surface area contributed by atoms with E-state index in [0.29, 0.717) is 0 Å². The molecule has 1 saturated heterocycles. The lowest BCUT2D eigenvalue weighted by Gasteiger charge is -1.76. The van der Waals surface area contributed by atoms with E-state index in [1.165, 1.54) is 12.8 Å². The van der Waals surface area contributed by atoms with E-state index in [2.05, 4.69) is 0 Å². The molecule has 0 aromatic rings. The second kappa shape index (κ2) is 6.66. The summed E-state index contributed by atoms with van der Waals surface area (Å²) in [5.41, 5.74) is 0. The molecule has 1 fully saturated rings. The van der Waals surface area contributed by atoms with Gasteiger partial charge in [-0.2, -0.15) is 0 Å². The van der Waals surface area contributed by atoms with E-state index in [0.717, 1.165) is 13.2 Å². The quantitative estimate of drug-likeness (QED) is 0.509. The number of hydrogen-bond acceptors (Lipinski definition) is 1. The van der Waals surface area contributed by atoms with Crippen molar-refractivity contribution in [3.8, 4) is 0 Å². The lowest BCUT2D eigenvalue weighted by Crippen LogP contribution is -1.74. The van der Waals surface area contributed by atoms with Crippen LogP contribution in [0.1, 0.15) is 19.8 Å². The Bertz CT molecular complexity index is 42.7. The summed E-state index contributed by atoms with van der Waals surface area (Å²) in [7, 11) is 0. The summed E-state index contributed by atoms with van der Waals surface area (Å²) in [5.74, 6) is 0. The van der Waals surface area contributed by atoms with Crippen molar-refractivity contribution in [2.24, 2.45) is 0 Å². The Kier molecular flexibility index (Phi) is 7.06. The summed E-state index contributed by atoms with van der Waals surface area (Å²) in [4.78, 5) is -0.222. The summed E-state index contributed by atoms with van der Waals surface area (Å²) in [5, 5.41) is 0. The van der Waals surface area contributed by atoms with E-state index in [4.69, 9.17) is 27.9 Å². The second-order valence-electron chi connectivity index (χ2n) is 1.84. The Hall–Kier alpha value is 0.540. The van der Waals surface area contributed by atoms with Gasteiger partial charge in [0.25, 0.3) is 0 Å². The molecule has 1 heterocycles. The summed E-state index contributed by atoms with van der Waals surface area (Å²) in [6.07, 6.45) is 2.56. The van der Waals surface area contributed by atoms with Crippen molar-refractivity contribution in [3.63, 3.8) is 0 Å². The molecule has 0 unspecified atom stereocenters. The molecule has 0 radical (unpaired) electrons. The Labute approximate surface area is 66.3 Å². The van der Waals surface area contributed by atoms with Gasteiger partial charge in [-0.3, -0.25) is 0 Å². The van der Waals surface area contributed by atoms with Gasteiger partial charge in [-0.05, 0) is 19.8 Å². The lowest BCUT2D eigenvalue weighted by atomic mass is 10.4. The zero-order valence-corrected chi connectivity index (χ0v) is 7.08. The van der Waals surface area contributed by atoms with E-state index in [9.17, 15) is 0 Å². The Morgan fingerprint density at radius 3 is 1.67 bits per heavy atom. The van der Waals surface area contributed by atoms with E-state index < -0.39 is 0 Å². The molecule has 0 N–H and O–H groups in total. The molecule has 0 bridgehead atoms. The zero-order chi connectivity index (χ0) is 7.11. The predicted octanol–water partition coefficient (Wildman–Crippen LogP) is 2.61. The Balaban J connectivity index is 0.000000148. The largest absolute Gasteiger partial charge is 0.381 e. The van der Waals surface area contributed by atoms with Crippen molar-refractivity contribution >= 4 is 23.2 Å². The smallest absolute Gasteiger partial charge is 0.105 e. The third-order valence-corrected chi connectivity index (χ3v) is 0.827. The van der Waals surface area contributed by atoms with Gasteiger partial charge in [0.1, 0.15) is 4.84 Å². The number of hydrogen-bond donors (Lipinski definition) is 0. The SMILES string of the molecule is C1CCOC1.CC(Cl)Cl. The maximum Gasteiger partial charge on any atom is 0.105 e. The zero-order valence-electron chi connectivity index (χ0n) is 5.57. The van der Waals surface area contributed by atoms with Crippen LogP contribution in [-0.2, 0) is 4.74 Å². The maximum absolute atomic E-state index is 5.04. The fraction of sp³-hybridized carbons (Fsp3) is 1.00. The minimum atomic E-state index is -0.222. The summed E-state index contributed by atoms with van der Waals surface area (Å²) < 4.78 is 4.94. The first-order chi connectivity index (χ1) is 4.23. The second-order valence-corrected chi connectivity index (χ2v) is 3.37. The Morgan fingerprint density at radius 2 is 1.56 bits per heavy atom. The normalized spacial score (nSPS) is 17.3. The highest BCUT2D eigenvalue weighted by Crippen LogP contribution is 1.98. The van der Waals surface area contributed by atoms with Crippen LogP contribution in [0, 0.1) is 0 Å². The fourth-order valence-electron chi connectivity index (χ4n) is 0.510. The van der Waals surface area contributed by atoms with Crippen LogP contribution in [0.5, 0.6) is 0 Å². The third-order valence-electron chi connectivity index (χ3n) is 0.827. The molecule has 0 aliphatic carbocycles. The monoisotopic (exact) mass is 170 g/mol. The molecule has 1 aliphatic rings. The Morgan fingerprint density at radius 1 is 1.22 bits per heavy atom. The highest BCUT2D eigenvalue weighted by molar-refractivity contribution is 6.43. The molecule has 0 amide bonds. The molecule has 1 rings (SSSR count). The van der Waals surface area contributed by atoms with Gasteiger partial charge in [-0.15, -0.1) is 23.2 Å². The average molecular weight is 171 g/mol. The summed E-state index contributed by atoms with van der Waals surface area (Å²) in [6, 6.07) is 0. The van der Waals surface area contributed by atoms with Gasteiger partial charge in [-0.1, -0.05) is 0 Å². The molecule has 9 heavy (non-hydrogen) atoms. The minimum Gasteiger partial charge on any atom is -0.381 e. The molecule has 0 spiro atoms. The van der Waals surface area contributed by atoms with Crippen LogP contribution >= 0.6 is 23.2 Å². The van der Waals surface area contributed by atoms with Crippen molar-refractivity contribution < 1.29 is 4.74 Å². The molecule has 0 aromatic heterocycles. The van der Waals surface area contributed by atoms with Gasteiger partial charge in [0.2, 0.25) is 0 Å². The number of rotatable bonds is 0. The highest BCUT2D eigenvalue weighted by atomic mass is 35.5. The van der Waals surface area contributed by atoms with Gasteiger partial charge in [0.05, 0.1) is 0 Å². The maximum atomic E-state index is 5.04. The van der Waals surface area contributed by atoms with E-state index in [1.54, 1.807) is 6.92 Å². The molecule has 56 valence electrons. The van der Waals surface area contributed by atoms with Gasteiger partial charge in [0, 0.05) is 13.2 Å². The summed E-state index contributed by atoms with van der Waals surface area (Å²) in [6.45, 7) is 3.70. The minimum absolute atomic E-state index is 0.222. The predicted molar refractivity (Wildman–Crippen MR) is 41.2 cm³/mol. The highest BCUT2D eigenvalue weighted by Gasteiger charge is 1.94. The molecule has 0 atom stereocenters. The van der Waals surface area contributed by atoms with E-state index in [-0.39, 0.29) is 4.84 Å². The van der Waals surface area contributed by atoms with Crippen LogP contribution in [0.4, 0.5) is 0 Å². The van der Waals surface area contributed by atoms with Gasteiger partial charge >= 0.3 is 0 Å². The van der Waals surface area contributed by atoms with Crippen LogP contribution in [0.25, 0.3) is 0 Å². The molecule has 0 saturated carbocycles. The number of ether oxygens (including phenoxy) is 1. The molecule has 0 aromatic carbocycles. The van der Waals surface area contributed by atoms with Crippen LogP contribution in [0.3, 0.4) is 0 Å². The van der Waals surface area contributed by atoms with Crippen molar-refractivity contribution in [2.45, 2.75) is 24.6 Å². The van der Waals surface area contributed by atoms with E-state index >= 15 is 0 Å². The van der Waals surface area contributed by atoms with E-state index in [1.807, 2.05) is 0 Å². The summed E-state index contributed by atoms with van der Waals surface area (Å²) >= 11 is 10.1. The molecular formula is C6H12Cl2O. The van der Waals surface area contributed by atoms with Crippen molar-refractivity contribution in [2.75, 3.05) is 13.2 Å². The first-order valence-electron chi connectivity index (χ1n) is 3.09. The standard InChI is InChI=1S/C4H8O.C2H4Cl2/c1-2-4-5-3-1;1-2(3)4/h1-4H2;2H,1H3. The third kappa shape index (κ3) is 11.9. The fourth-order valence-corrected chi connectivity index (χ4v) is 0.510. The lowest BCUT2D eigenvalue weighted by molar-refractivity contribution is 0.198. The molecule has 1 nitrogen and oxygen atoms in total. The van der Waals surface area contributed by atoms with Crippen molar-refractivity contribution in [1.82, 2.24) is 0 Å². The van der Waals surface area contributed by atoms with Crippen LogP contribution < -0.4 is 0 Å². The first kappa shape index (κ1) is 9.54. The van der Waals surface area contributed by atoms with Crippen LogP contribution in [0.2, 0.25) is 0 Å². The van der Waals surface area contributed by atoms with Gasteiger partial charge in [-0.25, -0.2) is 0 Å². The molecular weight excluding hydrogens is 159 g/mol. The first-order valence-corrected chi connectivity index (χ1v) is 3.96. The average Bonchev–Trinajstić information content (AvgIpc) is 2.11. The van der Waals surface area contributed by atoms with Crippen molar-refractivity contribution in [3.05, 3.63) is 0 Å². The molecule has 1 aliphatic heterocycles. The number of halogens is 2. The number of alkyl halides is 2.